The summed E-state index contributed by atoms with van der Waals surface area (Å²) in [6.45, 7) is 5.99. The van der Waals surface area contributed by atoms with Crippen LogP contribution in [0, 0.1) is 0 Å². The van der Waals surface area contributed by atoms with E-state index in [9.17, 15) is 4.79 Å². The molecule has 0 aliphatic carbocycles. The summed E-state index contributed by atoms with van der Waals surface area (Å²) in [5, 5.41) is 5.78. The minimum atomic E-state index is 0.174. The van der Waals surface area contributed by atoms with E-state index in [0.717, 1.165) is 43.4 Å². The molecule has 0 bridgehead atoms. The minimum Gasteiger partial charge on any atom is -0.340 e. The largest absolute Gasteiger partial charge is 0.340 e. The molecule has 1 aliphatic heterocycles. The maximum absolute atomic E-state index is 11.4. The summed E-state index contributed by atoms with van der Waals surface area (Å²) in [6.07, 6.45) is 0. The lowest BCUT2D eigenvalue weighted by Crippen LogP contribution is -2.47. The molecule has 3 aromatic rings. The number of benzene rings is 2. The predicted octanol–water partition coefficient (Wildman–Crippen LogP) is 3.63. The Balaban J connectivity index is 1.45. The summed E-state index contributed by atoms with van der Waals surface area (Å²) in [4.78, 5) is 20.5. The predicted molar refractivity (Wildman–Crippen MR) is 103 cm³/mol. The quantitative estimate of drug-likeness (QED) is 0.723. The zero-order chi connectivity index (χ0) is 17.2. The molecule has 128 valence electrons. The highest BCUT2D eigenvalue weighted by molar-refractivity contribution is 7.09. The number of fused-ring (bicyclic) bond motifs is 1. The number of amides is 1. The first-order valence-electron chi connectivity index (χ1n) is 8.60. The van der Waals surface area contributed by atoms with E-state index in [-0.39, 0.29) is 5.91 Å². The molecule has 0 radical (unpaired) electrons. The van der Waals surface area contributed by atoms with Crippen LogP contribution in [-0.4, -0.2) is 46.9 Å². The lowest BCUT2D eigenvalue weighted by atomic mass is 10.1. The first-order chi connectivity index (χ1) is 12.2. The lowest BCUT2D eigenvalue weighted by molar-refractivity contribution is -0.130. The number of nitrogens with zero attached hydrogens (tertiary/aromatic N) is 3. The molecule has 1 fully saturated rings. The molecule has 5 heteroatoms. The van der Waals surface area contributed by atoms with Crippen LogP contribution in [0.1, 0.15) is 11.9 Å². The highest BCUT2D eigenvalue weighted by Crippen LogP contribution is 2.26. The second kappa shape index (κ2) is 6.94. The van der Waals surface area contributed by atoms with E-state index in [4.69, 9.17) is 4.98 Å². The van der Waals surface area contributed by atoms with Crippen LogP contribution < -0.4 is 0 Å². The Kier molecular flexibility index (Phi) is 4.51. The van der Waals surface area contributed by atoms with Crippen molar-refractivity contribution in [3.05, 3.63) is 52.9 Å². The van der Waals surface area contributed by atoms with Crippen molar-refractivity contribution in [3.63, 3.8) is 0 Å². The molecule has 25 heavy (non-hydrogen) atoms. The molecular weight excluding hydrogens is 330 g/mol. The third-order valence-electron chi connectivity index (χ3n) is 4.77. The Morgan fingerprint density at radius 2 is 1.84 bits per heavy atom. The Morgan fingerprint density at radius 1 is 1.08 bits per heavy atom. The third kappa shape index (κ3) is 3.57. The monoisotopic (exact) mass is 351 g/mol. The van der Waals surface area contributed by atoms with Gasteiger partial charge in [0, 0.05) is 44.0 Å². The molecule has 4 nitrogen and oxygen atoms in total. The highest BCUT2D eigenvalue weighted by Gasteiger charge is 2.19. The molecule has 0 saturated carbocycles. The van der Waals surface area contributed by atoms with Crippen LogP contribution in [0.2, 0.25) is 0 Å². The standard InChI is InChI=1S/C20H21N3OS/c1-15(24)23-10-8-22(9-11-23)13-20-21-19(14-25-20)18-7-6-16-4-2-3-5-17(16)12-18/h2-7,12,14H,8-11,13H2,1H3. The molecule has 0 atom stereocenters. The number of piperazine rings is 1. The molecule has 1 amide bonds. The SMILES string of the molecule is CC(=O)N1CCN(Cc2nc(-c3ccc4ccccc4c3)cs2)CC1. The number of carbonyl (C=O) groups excluding carboxylic acids is 1. The summed E-state index contributed by atoms with van der Waals surface area (Å²) < 4.78 is 0. The van der Waals surface area contributed by atoms with Gasteiger partial charge in [0.2, 0.25) is 5.91 Å². The van der Waals surface area contributed by atoms with Gasteiger partial charge in [0.1, 0.15) is 5.01 Å². The van der Waals surface area contributed by atoms with Gasteiger partial charge in [-0.15, -0.1) is 11.3 Å². The van der Waals surface area contributed by atoms with Gasteiger partial charge in [0.15, 0.2) is 0 Å². The summed E-state index contributed by atoms with van der Waals surface area (Å²) in [5.74, 6) is 0.174. The van der Waals surface area contributed by atoms with Crippen molar-refractivity contribution in [2.75, 3.05) is 26.2 Å². The van der Waals surface area contributed by atoms with Crippen molar-refractivity contribution >= 4 is 28.0 Å². The number of hydrogen-bond acceptors (Lipinski definition) is 4. The average Bonchev–Trinajstić information content (AvgIpc) is 3.10. The van der Waals surface area contributed by atoms with Gasteiger partial charge in [0.05, 0.1) is 12.2 Å². The Hall–Kier alpha value is -2.24. The summed E-state index contributed by atoms with van der Waals surface area (Å²) in [7, 11) is 0. The summed E-state index contributed by atoms with van der Waals surface area (Å²) >= 11 is 1.72. The zero-order valence-corrected chi connectivity index (χ0v) is 15.1. The average molecular weight is 351 g/mol. The van der Waals surface area contributed by atoms with Crippen LogP contribution in [-0.2, 0) is 11.3 Å². The van der Waals surface area contributed by atoms with Gasteiger partial charge in [-0.3, -0.25) is 9.69 Å². The molecule has 0 unspecified atom stereocenters. The molecule has 4 rings (SSSR count). The molecule has 0 spiro atoms. The number of thiazole rings is 1. The van der Waals surface area contributed by atoms with Gasteiger partial charge in [-0.25, -0.2) is 4.98 Å². The third-order valence-corrected chi connectivity index (χ3v) is 5.61. The van der Waals surface area contributed by atoms with E-state index >= 15 is 0 Å². The zero-order valence-electron chi connectivity index (χ0n) is 14.3. The number of aromatic nitrogens is 1. The van der Waals surface area contributed by atoms with Gasteiger partial charge in [-0.05, 0) is 16.8 Å². The van der Waals surface area contributed by atoms with Crippen molar-refractivity contribution in [2.24, 2.45) is 0 Å². The van der Waals surface area contributed by atoms with Crippen LogP contribution in [0.5, 0.6) is 0 Å². The van der Waals surface area contributed by atoms with Crippen LogP contribution in [0.25, 0.3) is 22.0 Å². The van der Waals surface area contributed by atoms with Crippen LogP contribution in [0.4, 0.5) is 0 Å². The van der Waals surface area contributed by atoms with Crippen LogP contribution >= 0.6 is 11.3 Å². The van der Waals surface area contributed by atoms with Crippen LogP contribution in [0.15, 0.2) is 47.8 Å². The van der Waals surface area contributed by atoms with Crippen molar-refractivity contribution in [2.45, 2.75) is 13.5 Å². The smallest absolute Gasteiger partial charge is 0.219 e. The van der Waals surface area contributed by atoms with Gasteiger partial charge >= 0.3 is 0 Å². The molecule has 0 N–H and O–H groups in total. The molecule has 1 aromatic heterocycles. The molecule has 1 saturated heterocycles. The van der Waals surface area contributed by atoms with Gasteiger partial charge in [0.25, 0.3) is 0 Å². The molecule has 1 aliphatic rings. The number of rotatable bonds is 3. The first-order valence-corrected chi connectivity index (χ1v) is 9.48. The number of hydrogen-bond donors (Lipinski definition) is 0. The second-order valence-electron chi connectivity index (χ2n) is 6.47. The highest BCUT2D eigenvalue weighted by atomic mass is 32.1. The molecule has 2 aromatic carbocycles. The van der Waals surface area contributed by atoms with E-state index in [1.165, 1.54) is 16.3 Å². The van der Waals surface area contributed by atoms with E-state index in [2.05, 4.69) is 52.7 Å². The van der Waals surface area contributed by atoms with Crippen molar-refractivity contribution in [3.8, 4) is 11.3 Å². The van der Waals surface area contributed by atoms with E-state index in [1.807, 2.05) is 4.90 Å². The van der Waals surface area contributed by atoms with E-state index < -0.39 is 0 Å². The Bertz CT molecular complexity index is 897. The van der Waals surface area contributed by atoms with Gasteiger partial charge < -0.3 is 4.90 Å². The van der Waals surface area contributed by atoms with Gasteiger partial charge in [-0.2, -0.15) is 0 Å². The summed E-state index contributed by atoms with van der Waals surface area (Å²) in [6, 6.07) is 14.9. The normalized spacial score (nSPS) is 15.6. The second-order valence-corrected chi connectivity index (χ2v) is 7.41. The van der Waals surface area contributed by atoms with Crippen LogP contribution in [0.3, 0.4) is 0 Å². The van der Waals surface area contributed by atoms with Gasteiger partial charge in [-0.1, -0.05) is 36.4 Å². The molecule has 2 heterocycles. The minimum absolute atomic E-state index is 0.174. The molecular formula is C20H21N3OS. The Morgan fingerprint density at radius 3 is 2.60 bits per heavy atom. The van der Waals surface area contributed by atoms with E-state index in [1.54, 1.807) is 18.3 Å². The Labute approximate surface area is 151 Å². The first kappa shape index (κ1) is 16.2. The lowest BCUT2D eigenvalue weighted by Gasteiger charge is -2.33. The number of carbonyl (C=O) groups is 1. The van der Waals surface area contributed by atoms with Crippen molar-refractivity contribution < 1.29 is 4.79 Å². The fourth-order valence-electron chi connectivity index (χ4n) is 3.28. The van der Waals surface area contributed by atoms with E-state index in [0.29, 0.717) is 0 Å². The maximum Gasteiger partial charge on any atom is 0.219 e. The van der Waals surface area contributed by atoms with Crippen molar-refractivity contribution in [1.82, 2.24) is 14.8 Å². The maximum atomic E-state index is 11.4. The summed E-state index contributed by atoms with van der Waals surface area (Å²) in [5.41, 5.74) is 2.22. The topological polar surface area (TPSA) is 36.4 Å². The fourth-order valence-corrected chi connectivity index (χ4v) is 4.12. The van der Waals surface area contributed by atoms with Crippen molar-refractivity contribution in [1.29, 1.82) is 0 Å². The fraction of sp³-hybridized carbons (Fsp3) is 0.300.